The first-order chi connectivity index (χ1) is 7.38. The number of nitrogens with two attached hydrogens (primary N) is 1. The molecule has 0 rings (SSSR count). The second kappa shape index (κ2) is 7.09. The van der Waals surface area contributed by atoms with Gasteiger partial charge in [0.1, 0.15) is 6.04 Å². The summed E-state index contributed by atoms with van der Waals surface area (Å²) in [5, 5.41) is 5.27. The van der Waals surface area contributed by atoms with Crippen LogP contribution in [0.3, 0.4) is 0 Å². The van der Waals surface area contributed by atoms with E-state index in [1.807, 2.05) is 27.7 Å². The normalized spacial score (nSPS) is 14.3. The summed E-state index contributed by atoms with van der Waals surface area (Å²) in [6.45, 7) is 8.51. The standard InChI is InChI=1S/C11H23N3O2/c1-5-8(4)9(14-11(12)16)10(15)13-6-7(2)3/h7-9H,5-6H2,1-4H3,(H,13,15)(H3,12,14,16)/t8-,9-/m1/s1. The summed E-state index contributed by atoms with van der Waals surface area (Å²) in [5.41, 5.74) is 5.05. The van der Waals surface area contributed by atoms with Crippen LogP contribution in [0.5, 0.6) is 0 Å². The molecule has 0 aromatic heterocycles. The van der Waals surface area contributed by atoms with Gasteiger partial charge in [-0.25, -0.2) is 4.79 Å². The number of carbonyl (C=O) groups is 2. The minimum Gasteiger partial charge on any atom is -0.354 e. The first kappa shape index (κ1) is 14.7. The Balaban J connectivity index is 4.37. The van der Waals surface area contributed by atoms with Crippen LogP contribution < -0.4 is 16.4 Å². The molecule has 0 aliphatic heterocycles. The maximum atomic E-state index is 11.8. The lowest BCUT2D eigenvalue weighted by atomic mass is 9.98. The van der Waals surface area contributed by atoms with E-state index in [1.54, 1.807) is 0 Å². The first-order valence-corrected chi connectivity index (χ1v) is 5.72. The summed E-state index contributed by atoms with van der Waals surface area (Å²) >= 11 is 0. The molecule has 0 aliphatic carbocycles. The molecule has 0 heterocycles. The topological polar surface area (TPSA) is 84.2 Å². The highest BCUT2D eigenvalue weighted by Crippen LogP contribution is 2.07. The fourth-order valence-corrected chi connectivity index (χ4v) is 1.27. The predicted molar refractivity (Wildman–Crippen MR) is 63.8 cm³/mol. The highest BCUT2D eigenvalue weighted by atomic mass is 16.2. The van der Waals surface area contributed by atoms with Gasteiger partial charge in [-0.1, -0.05) is 34.1 Å². The second-order valence-electron chi connectivity index (χ2n) is 4.51. The Kier molecular flexibility index (Phi) is 6.53. The van der Waals surface area contributed by atoms with Crippen molar-refractivity contribution in [1.82, 2.24) is 10.6 Å². The maximum Gasteiger partial charge on any atom is 0.312 e. The monoisotopic (exact) mass is 229 g/mol. The maximum absolute atomic E-state index is 11.8. The molecule has 0 aliphatic rings. The summed E-state index contributed by atoms with van der Waals surface area (Å²) < 4.78 is 0. The average Bonchev–Trinajstić information content (AvgIpc) is 2.21. The minimum atomic E-state index is -0.662. The third-order valence-electron chi connectivity index (χ3n) is 2.48. The highest BCUT2D eigenvalue weighted by molar-refractivity contribution is 5.86. The zero-order chi connectivity index (χ0) is 12.7. The number of rotatable bonds is 6. The summed E-state index contributed by atoms with van der Waals surface area (Å²) in [5.74, 6) is 0.289. The van der Waals surface area contributed by atoms with Crippen LogP contribution in [0.15, 0.2) is 0 Å². The van der Waals surface area contributed by atoms with Crippen LogP contribution >= 0.6 is 0 Å². The Morgan fingerprint density at radius 3 is 2.19 bits per heavy atom. The number of amides is 3. The molecule has 0 saturated heterocycles. The van der Waals surface area contributed by atoms with Gasteiger partial charge in [0.15, 0.2) is 0 Å². The average molecular weight is 229 g/mol. The predicted octanol–water partition coefficient (Wildman–Crippen LogP) is 0.842. The zero-order valence-electron chi connectivity index (χ0n) is 10.5. The number of urea groups is 1. The molecule has 0 bridgehead atoms. The summed E-state index contributed by atoms with van der Waals surface area (Å²) in [6, 6.07) is -1.20. The van der Waals surface area contributed by atoms with Crippen molar-refractivity contribution in [3.8, 4) is 0 Å². The molecule has 0 aromatic rings. The smallest absolute Gasteiger partial charge is 0.312 e. The molecule has 94 valence electrons. The van der Waals surface area contributed by atoms with Crippen LogP contribution in [-0.2, 0) is 4.79 Å². The van der Waals surface area contributed by atoms with Crippen LogP contribution in [0.2, 0.25) is 0 Å². The number of carbonyl (C=O) groups excluding carboxylic acids is 2. The van der Waals surface area contributed by atoms with E-state index in [1.165, 1.54) is 0 Å². The van der Waals surface area contributed by atoms with Crippen molar-refractivity contribution in [3.05, 3.63) is 0 Å². The van der Waals surface area contributed by atoms with Gasteiger partial charge in [0.2, 0.25) is 5.91 Å². The van der Waals surface area contributed by atoms with Gasteiger partial charge in [-0.3, -0.25) is 4.79 Å². The lowest BCUT2D eigenvalue weighted by molar-refractivity contribution is -0.124. The second-order valence-corrected chi connectivity index (χ2v) is 4.51. The molecule has 3 amide bonds. The molecule has 0 saturated carbocycles. The Labute approximate surface area is 97.2 Å². The summed E-state index contributed by atoms with van der Waals surface area (Å²) in [4.78, 5) is 22.6. The molecule has 0 fully saturated rings. The first-order valence-electron chi connectivity index (χ1n) is 5.72. The van der Waals surface area contributed by atoms with Crippen molar-refractivity contribution in [1.29, 1.82) is 0 Å². The van der Waals surface area contributed by atoms with Crippen molar-refractivity contribution >= 4 is 11.9 Å². The minimum absolute atomic E-state index is 0.0691. The van der Waals surface area contributed by atoms with Crippen LogP contribution in [-0.4, -0.2) is 24.5 Å². The molecule has 0 spiro atoms. The largest absolute Gasteiger partial charge is 0.354 e. The Morgan fingerprint density at radius 1 is 1.25 bits per heavy atom. The molecule has 0 radical (unpaired) electrons. The molecule has 5 nitrogen and oxygen atoms in total. The number of nitrogens with one attached hydrogen (secondary N) is 2. The molecular weight excluding hydrogens is 206 g/mol. The van der Waals surface area contributed by atoms with Gasteiger partial charge in [0.25, 0.3) is 0 Å². The van der Waals surface area contributed by atoms with E-state index in [9.17, 15) is 9.59 Å². The quantitative estimate of drug-likeness (QED) is 0.630. The van der Waals surface area contributed by atoms with Gasteiger partial charge in [-0.15, -0.1) is 0 Å². The van der Waals surface area contributed by atoms with Crippen molar-refractivity contribution in [2.75, 3.05) is 6.54 Å². The van der Waals surface area contributed by atoms with E-state index < -0.39 is 12.1 Å². The summed E-state index contributed by atoms with van der Waals surface area (Å²) in [7, 11) is 0. The molecule has 4 N–H and O–H groups in total. The van der Waals surface area contributed by atoms with Crippen LogP contribution in [0.4, 0.5) is 4.79 Å². The third-order valence-corrected chi connectivity index (χ3v) is 2.48. The molecule has 0 unspecified atom stereocenters. The van der Waals surface area contributed by atoms with Crippen molar-refractivity contribution < 1.29 is 9.59 Å². The van der Waals surface area contributed by atoms with Crippen LogP contribution in [0.25, 0.3) is 0 Å². The fraction of sp³-hybridized carbons (Fsp3) is 0.818. The third kappa shape index (κ3) is 5.58. The summed E-state index contributed by atoms with van der Waals surface area (Å²) in [6.07, 6.45) is 0.806. The Morgan fingerprint density at radius 2 is 1.81 bits per heavy atom. The van der Waals surface area contributed by atoms with Crippen molar-refractivity contribution in [3.63, 3.8) is 0 Å². The molecule has 5 heteroatoms. The van der Waals surface area contributed by atoms with Gasteiger partial charge in [0.05, 0.1) is 0 Å². The lowest BCUT2D eigenvalue weighted by Crippen LogP contribution is -2.52. The molecular formula is C11H23N3O2. The van der Waals surface area contributed by atoms with Crippen LogP contribution in [0, 0.1) is 11.8 Å². The molecule has 16 heavy (non-hydrogen) atoms. The van der Waals surface area contributed by atoms with E-state index in [4.69, 9.17) is 5.73 Å². The lowest BCUT2D eigenvalue weighted by Gasteiger charge is -2.23. The van der Waals surface area contributed by atoms with E-state index in [2.05, 4.69) is 10.6 Å². The van der Waals surface area contributed by atoms with Gasteiger partial charge in [0, 0.05) is 6.54 Å². The van der Waals surface area contributed by atoms with Gasteiger partial charge in [-0.2, -0.15) is 0 Å². The van der Waals surface area contributed by atoms with E-state index in [-0.39, 0.29) is 11.8 Å². The zero-order valence-corrected chi connectivity index (χ0v) is 10.5. The van der Waals surface area contributed by atoms with Gasteiger partial charge < -0.3 is 16.4 Å². The highest BCUT2D eigenvalue weighted by Gasteiger charge is 2.24. The molecule has 2 atom stereocenters. The Hall–Kier alpha value is -1.26. The van der Waals surface area contributed by atoms with E-state index in [0.717, 1.165) is 6.42 Å². The van der Waals surface area contributed by atoms with Crippen molar-refractivity contribution in [2.45, 2.75) is 40.2 Å². The van der Waals surface area contributed by atoms with Crippen molar-refractivity contribution in [2.24, 2.45) is 17.6 Å². The van der Waals surface area contributed by atoms with Gasteiger partial charge in [-0.05, 0) is 11.8 Å². The number of hydrogen-bond donors (Lipinski definition) is 3. The number of hydrogen-bond acceptors (Lipinski definition) is 2. The SMILES string of the molecule is CC[C@@H](C)[C@@H](NC(N)=O)C(=O)NCC(C)C. The number of primary amides is 1. The van der Waals surface area contributed by atoms with Crippen LogP contribution in [0.1, 0.15) is 34.1 Å². The van der Waals surface area contributed by atoms with Gasteiger partial charge >= 0.3 is 6.03 Å². The van der Waals surface area contributed by atoms with E-state index >= 15 is 0 Å². The fourth-order valence-electron chi connectivity index (χ4n) is 1.27. The Bertz CT molecular complexity index is 241. The van der Waals surface area contributed by atoms with E-state index in [0.29, 0.717) is 12.5 Å². The molecule has 0 aromatic carbocycles.